The number of para-hydroxylation sites is 1. The van der Waals surface area contributed by atoms with Gasteiger partial charge in [0.25, 0.3) is 5.91 Å². The lowest BCUT2D eigenvalue weighted by atomic mass is 10.1. The fraction of sp³-hybridized carbons (Fsp3) is 0.217. The van der Waals surface area contributed by atoms with Crippen molar-refractivity contribution < 1.29 is 37.5 Å². The van der Waals surface area contributed by atoms with Gasteiger partial charge in [-0.05, 0) is 12.1 Å². The molecule has 1 aliphatic heterocycles. The molecular weight excluding hydrogens is 556 g/mol. The number of phenolic OH excluding ortho intramolecular Hbond substituents is 1. The largest absolute Gasteiger partial charge is 0.507 e. The van der Waals surface area contributed by atoms with E-state index < -0.39 is 53.1 Å². The zero-order chi connectivity index (χ0) is 27.0. The van der Waals surface area contributed by atoms with Crippen LogP contribution in [0.25, 0.3) is 22.6 Å². The summed E-state index contributed by atoms with van der Waals surface area (Å²) in [5.74, 6) is -1.15. The first-order valence-corrected chi connectivity index (χ1v) is 12.6. The summed E-state index contributed by atoms with van der Waals surface area (Å²) in [6.07, 6.45) is -4.31. The first-order valence-electron chi connectivity index (χ1n) is 11.2. The van der Waals surface area contributed by atoms with Crippen molar-refractivity contribution in [2.24, 2.45) is 0 Å². The van der Waals surface area contributed by atoms with Gasteiger partial charge < -0.3 is 25.8 Å². The number of rotatable bonds is 7. The third-order valence-electron chi connectivity index (χ3n) is 5.85. The molecule has 3 heterocycles. The number of nitrogens with zero attached hydrogens (tertiary/aromatic N) is 4. The summed E-state index contributed by atoms with van der Waals surface area (Å²) in [6.45, 7) is -0.739. The highest BCUT2D eigenvalue weighted by molar-refractivity contribution is 7.85. The molecule has 5 rings (SSSR count). The maximum absolute atomic E-state index is 12.3. The number of fused-ring (bicyclic) bond motifs is 1. The minimum atomic E-state index is -4.66. The smallest absolute Gasteiger partial charge is 0.362 e. The average Bonchev–Trinajstić information content (AvgIpc) is 3.44. The summed E-state index contributed by atoms with van der Waals surface area (Å²) in [4.78, 5) is 25.1. The van der Waals surface area contributed by atoms with Crippen LogP contribution < -0.4 is 10.5 Å². The number of aliphatic hydroxyl groups excluding tert-OH is 2. The van der Waals surface area contributed by atoms with Crippen LogP contribution in [0.2, 0.25) is 0 Å². The number of nitrogens with one attached hydrogen (secondary N) is 1. The number of hydrogen-bond donors (Lipinski definition) is 5. The molecule has 0 saturated carbocycles. The number of halogens is 1. The van der Waals surface area contributed by atoms with Gasteiger partial charge in [0.2, 0.25) is 0 Å². The van der Waals surface area contributed by atoms with Gasteiger partial charge >= 0.3 is 10.3 Å². The molecule has 0 bridgehead atoms. The van der Waals surface area contributed by atoms with Crippen molar-refractivity contribution in [1.82, 2.24) is 24.2 Å². The number of carbonyl (C=O) groups is 1. The highest BCUT2D eigenvalue weighted by atomic mass is 35.5. The molecule has 1 fully saturated rings. The third-order valence-corrected chi connectivity index (χ3v) is 6.73. The molecule has 2 aromatic carbocycles. The minimum absolute atomic E-state index is 0. The lowest BCUT2D eigenvalue weighted by Gasteiger charge is -2.17. The first kappa shape index (κ1) is 28.2. The number of carbonyl (C=O) groups excluding carboxylic acids is 1. The number of amides is 1. The third kappa shape index (κ3) is 5.63. The normalized spacial score (nSPS) is 21.0. The van der Waals surface area contributed by atoms with Crippen molar-refractivity contribution >= 4 is 45.6 Å². The first-order chi connectivity index (χ1) is 18.1. The van der Waals surface area contributed by atoms with Crippen molar-refractivity contribution in [3.63, 3.8) is 0 Å². The van der Waals surface area contributed by atoms with Crippen LogP contribution in [0.3, 0.4) is 0 Å². The van der Waals surface area contributed by atoms with Crippen LogP contribution in [-0.2, 0) is 19.2 Å². The second-order valence-corrected chi connectivity index (χ2v) is 9.70. The molecule has 206 valence electrons. The topological polar surface area (TPSA) is 212 Å². The summed E-state index contributed by atoms with van der Waals surface area (Å²) in [5.41, 5.74) is 6.93. The Kier molecular flexibility index (Phi) is 8.01. The summed E-state index contributed by atoms with van der Waals surface area (Å²) >= 11 is 0. The highest BCUT2D eigenvalue weighted by Gasteiger charge is 2.45. The Morgan fingerprint density at radius 3 is 2.49 bits per heavy atom. The Hall–Kier alpha value is -3.86. The summed E-state index contributed by atoms with van der Waals surface area (Å²) in [5, 5.41) is 30.9. The fourth-order valence-corrected chi connectivity index (χ4v) is 4.67. The molecular formula is C23H23ClN6O8S. The van der Waals surface area contributed by atoms with E-state index in [4.69, 9.17) is 14.7 Å². The molecule has 0 radical (unpaired) electrons. The van der Waals surface area contributed by atoms with Gasteiger partial charge in [-0.3, -0.25) is 13.5 Å². The summed E-state index contributed by atoms with van der Waals surface area (Å²) in [7, 11) is -4.66. The van der Waals surface area contributed by atoms with E-state index in [1.54, 1.807) is 29.0 Å². The number of benzene rings is 2. The fourth-order valence-electron chi connectivity index (χ4n) is 3.96. The standard InChI is InChI=1S/C23H22N6O8S.ClH/c24-19-16-21(27-20(26-19)12-6-2-1-3-7-12)29(11-25-16)23-18(32)17(31)15(37-23)10-36-38(34,35)28-22(33)13-8-4-5-9-14(13)30;/h1-9,11,15,17-18,23,30-32H,10H2,(H,28,33)(H2,24,26,27);1H/t15-,17-,18-,23-;/m1./s1. The molecule has 0 spiro atoms. The maximum Gasteiger partial charge on any atom is 0.362 e. The Bertz CT molecular complexity index is 1600. The van der Waals surface area contributed by atoms with E-state index in [1.807, 2.05) is 6.07 Å². The Morgan fingerprint density at radius 1 is 1.08 bits per heavy atom. The monoisotopic (exact) mass is 578 g/mol. The van der Waals surface area contributed by atoms with Crippen LogP contribution in [0.15, 0.2) is 60.9 Å². The molecule has 4 atom stereocenters. The van der Waals surface area contributed by atoms with Gasteiger partial charge in [0.1, 0.15) is 29.6 Å². The second kappa shape index (κ2) is 11.1. The van der Waals surface area contributed by atoms with E-state index in [9.17, 15) is 28.5 Å². The zero-order valence-electron chi connectivity index (χ0n) is 19.9. The van der Waals surface area contributed by atoms with Gasteiger partial charge in [-0.25, -0.2) is 19.7 Å². The number of phenols is 1. The number of hydrogen-bond acceptors (Lipinski definition) is 12. The maximum atomic E-state index is 12.3. The van der Waals surface area contributed by atoms with Gasteiger partial charge in [0.05, 0.1) is 18.5 Å². The van der Waals surface area contributed by atoms with Crippen molar-refractivity contribution in [2.75, 3.05) is 12.3 Å². The second-order valence-electron chi connectivity index (χ2n) is 8.36. The van der Waals surface area contributed by atoms with Gasteiger partial charge in [-0.1, -0.05) is 42.5 Å². The lowest BCUT2D eigenvalue weighted by molar-refractivity contribution is -0.0468. The number of anilines is 1. The Balaban J connectivity index is 0.00000353. The van der Waals surface area contributed by atoms with E-state index >= 15 is 0 Å². The van der Waals surface area contributed by atoms with Crippen LogP contribution >= 0.6 is 12.4 Å². The molecule has 6 N–H and O–H groups in total. The van der Waals surface area contributed by atoms with Crippen LogP contribution in [0.5, 0.6) is 5.75 Å². The highest BCUT2D eigenvalue weighted by Crippen LogP contribution is 2.33. The number of nitrogen functional groups attached to an aromatic ring is 1. The van der Waals surface area contributed by atoms with Crippen LogP contribution in [0, 0.1) is 0 Å². The summed E-state index contributed by atoms with van der Waals surface area (Å²) < 4.78 is 38.1. The van der Waals surface area contributed by atoms with Gasteiger partial charge in [-0.15, -0.1) is 12.4 Å². The molecule has 1 saturated heterocycles. The van der Waals surface area contributed by atoms with E-state index in [0.717, 1.165) is 0 Å². The predicted octanol–water partition coefficient (Wildman–Crippen LogP) is 0.513. The number of aliphatic hydroxyl groups is 2. The molecule has 1 aliphatic rings. The van der Waals surface area contributed by atoms with E-state index in [2.05, 4.69) is 15.0 Å². The Morgan fingerprint density at radius 2 is 1.77 bits per heavy atom. The molecule has 4 aromatic rings. The average molecular weight is 579 g/mol. The lowest BCUT2D eigenvalue weighted by Crippen LogP contribution is -2.37. The van der Waals surface area contributed by atoms with Gasteiger partial charge in [0.15, 0.2) is 23.5 Å². The number of imidazole rings is 1. The van der Waals surface area contributed by atoms with E-state index in [-0.39, 0.29) is 35.0 Å². The van der Waals surface area contributed by atoms with Gasteiger partial charge in [-0.2, -0.15) is 8.42 Å². The SMILES string of the molecule is Cl.Nc1nc(-c2ccccc2)nc2c1ncn2[C@@H]1O[C@H](COS(=O)(=O)NC(=O)c2ccccc2O)[C@@H](O)[C@H]1O. The van der Waals surface area contributed by atoms with Crippen molar-refractivity contribution in [3.8, 4) is 17.1 Å². The van der Waals surface area contributed by atoms with Crippen molar-refractivity contribution in [1.29, 1.82) is 0 Å². The Labute approximate surface area is 227 Å². The molecule has 0 aliphatic carbocycles. The van der Waals surface area contributed by atoms with E-state index in [0.29, 0.717) is 11.4 Å². The summed E-state index contributed by atoms with van der Waals surface area (Å²) in [6, 6.07) is 14.4. The van der Waals surface area contributed by atoms with Crippen LogP contribution in [0.1, 0.15) is 16.6 Å². The van der Waals surface area contributed by atoms with Crippen LogP contribution in [0.4, 0.5) is 5.82 Å². The van der Waals surface area contributed by atoms with Gasteiger partial charge in [0, 0.05) is 5.56 Å². The minimum Gasteiger partial charge on any atom is -0.507 e. The molecule has 1 amide bonds. The van der Waals surface area contributed by atoms with E-state index in [1.165, 1.54) is 35.2 Å². The number of nitrogens with two attached hydrogens (primary N) is 1. The molecule has 2 aromatic heterocycles. The molecule has 14 nitrogen and oxygen atoms in total. The number of aromatic nitrogens is 4. The van der Waals surface area contributed by atoms with Crippen molar-refractivity contribution in [3.05, 3.63) is 66.5 Å². The van der Waals surface area contributed by atoms with Crippen molar-refractivity contribution in [2.45, 2.75) is 24.5 Å². The molecule has 0 unspecified atom stereocenters. The van der Waals surface area contributed by atoms with Crippen LogP contribution in [-0.4, -0.2) is 74.1 Å². The number of ether oxygens (including phenoxy) is 1. The predicted molar refractivity (Wildman–Crippen MR) is 139 cm³/mol. The molecule has 16 heteroatoms. The molecule has 39 heavy (non-hydrogen) atoms. The zero-order valence-corrected chi connectivity index (χ0v) is 21.5. The number of aromatic hydroxyl groups is 1. The quantitative estimate of drug-likeness (QED) is 0.203.